The first-order chi connectivity index (χ1) is 15.4. The largest absolute Gasteiger partial charge is 0.496 e. The van der Waals surface area contributed by atoms with E-state index >= 15 is 0 Å². The summed E-state index contributed by atoms with van der Waals surface area (Å²) in [5.41, 5.74) is 3.48. The van der Waals surface area contributed by atoms with Gasteiger partial charge >= 0.3 is 5.97 Å². The number of halogens is 1. The van der Waals surface area contributed by atoms with Gasteiger partial charge in [-0.05, 0) is 54.7 Å². The summed E-state index contributed by atoms with van der Waals surface area (Å²) < 4.78 is 13.6. The summed E-state index contributed by atoms with van der Waals surface area (Å²) in [5, 5.41) is 4.13. The first kappa shape index (κ1) is 22.4. The maximum Gasteiger partial charge on any atom is 0.337 e. The van der Waals surface area contributed by atoms with Crippen molar-refractivity contribution in [3.8, 4) is 5.75 Å². The van der Waals surface area contributed by atoms with E-state index in [0.717, 1.165) is 20.9 Å². The third-order valence-electron chi connectivity index (χ3n) is 6.20. The molecule has 1 aliphatic rings. The van der Waals surface area contributed by atoms with E-state index in [-0.39, 0.29) is 5.91 Å². The molecule has 1 aliphatic carbocycles. The molecular formula is C25H27BrN2O4. The molecule has 3 aromatic rings. The van der Waals surface area contributed by atoms with Crippen LogP contribution in [0.3, 0.4) is 0 Å². The van der Waals surface area contributed by atoms with E-state index in [9.17, 15) is 9.59 Å². The summed E-state index contributed by atoms with van der Waals surface area (Å²) in [6.07, 6.45) is 6.39. The molecule has 1 fully saturated rings. The summed E-state index contributed by atoms with van der Waals surface area (Å²) in [6, 6.07) is 11.6. The smallest absolute Gasteiger partial charge is 0.337 e. The Bertz CT molecular complexity index is 1160. The summed E-state index contributed by atoms with van der Waals surface area (Å²) >= 11 is 3.77. The summed E-state index contributed by atoms with van der Waals surface area (Å²) in [6.45, 7) is 1.49. The van der Waals surface area contributed by atoms with Gasteiger partial charge in [0.15, 0.2) is 0 Å². The van der Waals surface area contributed by atoms with Gasteiger partial charge in [0.1, 0.15) is 11.9 Å². The molecule has 1 N–H and O–H groups in total. The van der Waals surface area contributed by atoms with Gasteiger partial charge in [0, 0.05) is 28.5 Å². The van der Waals surface area contributed by atoms with E-state index < -0.39 is 12.1 Å². The van der Waals surface area contributed by atoms with Gasteiger partial charge in [-0.1, -0.05) is 34.8 Å². The van der Waals surface area contributed by atoms with E-state index in [0.29, 0.717) is 17.2 Å². The molecule has 1 heterocycles. The zero-order chi connectivity index (χ0) is 22.8. The first-order valence-electron chi connectivity index (χ1n) is 10.8. The first-order valence-corrected chi connectivity index (χ1v) is 11.6. The van der Waals surface area contributed by atoms with Crippen LogP contribution in [0.25, 0.3) is 10.9 Å². The highest BCUT2D eigenvalue weighted by Crippen LogP contribution is 2.40. The minimum Gasteiger partial charge on any atom is -0.496 e. The Hall–Kier alpha value is -2.80. The Morgan fingerprint density at radius 1 is 1.12 bits per heavy atom. The quantitative estimate of drug-likeness (QED) is 0.453. The van der Waals surface area contributed by atoms with Crippen molar-refractivity contribution in [2.45, 2.75) is 44.7 Å². The molecule has 1 aromatic heterocycles. The lowest BCUT2D eigenvalue weighted by molar-refractivity contribution is -0.119. The van der Waals surface area contributed by atoms with Gasteiger partial charge in [0.25, 0.3) is 0 Å². The zero-order valence-electron chi connectivity index (χ0n) is 18.5. The molecule has 0 aliphatic heterocycles. The molecule has 168 valence electrons. The standard InChI is InChI=1S/C25H27BrN2O4/c1-15(29)27-24(19-9-8-18(25(30)32-3)13-23(19)31-2)28-11-10-17-12-21(26)20(14-22(17)28)16-6-4-5-7-16/h8-14,16,24H,4-7H2,1-3H3,(H,27,29). The number of hydrogen-bond acceptors (Lipinski definition) is 4. The molecule has 32 heavy (non-hydrogen) atoms. The van der Waals surface area contributed by atoms with Gasteiger partial charge in [-0.15, -0.1) is 0 Å². The topological polar surface area (TPSA) is 69.6 Å². The Labute approximate surface area is 196 Å². The van der Waals surface area contributed by atoms with Crippen molar-refractivity contribution in [3.63, 3.8) is 0 Å². The van der Waals surface area contributed by atoms with Crippen LogP contribution < -0.4 is 10.1 Å². The van der Waals surface area contributed by atoms with Crippen LogP contribution in [-0.2, 0) is 9.53 Å². The average molecular weight is 499 g/mol. The Kier molecular flexibility index (Phi) is 6.55. The molecule has 1 amide bonds. The third-order valence-corrected chi connectivity index (χ3v) is 6.89. The molecule has 0 bridgehead atoms. The summed E-state index contributed by atoms with van der Waals surface area (Å²) in [5.74, 6) is 0.444. The number of benzene rings is 2. The fraction of sp³-hybridized carbons (Fsp3) is 0.360. The second-order valence-corrected chi connectivity index (χ2v) is 9.04. The molecule has 0 radical (unpaired) electrons. The number of amides is 1. The molecule has 6 nitrogen and oxygen atoms in total. The van der Waals surface area contributed by atoms with Crippen molar-refractivity contribution >= 4 is 38.7 Å². The third kappa shape index (κ3) is 4.26. The predicted molar refractivity (Wildman–Crippen MR) is 127 cm³/mol. The van der Waals surface area contributed by atoms with Crippen molar-refractivity contribution in [1.82, 2.24) is 9.88 Å². The van der Waals surface area contributed by atoms with Crippen LogP contribution >= 0.6 is 15.9 Å². The minimum absolute atomic E-state index is 0.163. The van der Waals surface area contributed by atoms with Crippen LogP contribution in [-0.4, -0.2) is 30.7 Å². The number of carbonyl (C=O) groups is 2. The zero-order valence-corrected chi connectivity index (χ0v) is 20.1. The van der Waals surface area contributed by atoms with Crippen LogP contribution in [0.4, 0.5) is 0 Å². The maximum absolute atomic E-state index is 12.2. The fourth-order valence-electron chi connectivity index (χ4n) is 4.64. The van der Waals surface area contributed by atoms with Gasteiger partial charge in [-0.25, -0.2) is 4.79 Å². The van der Waals surface area contributed by atoms with Crippen LogP contribution in [0, 0.1) is 0 Å². The molecule has 0 saturated heterocycles. The second kappa shape index (κ2) is 9.36. The molecule has 7 heteroatoms. The van der Waals surface area contributed by atoms with Crippen molar-refractivity contribution in [2.75, 3.05) is 14.2 Å². The molecule has 4 rings (SSSR count). The van der Waals surface area contributed by atoms with Gasteiger partial charge in [-0.3, -0.25) is 4.79 Å². The van der Waals surface area contributed by atoms with Crippen LogP contribution in [0.1, 0.15) is 66.2 Å². The van der Waals surface area contributed by atoms with Crippen molar-refractivity contribution in [3.05, 3.63) is 63.8 Å². The number of methoxy groups -OCH3 is 2. The van der Waals surface area contributed by atoms with Crippen LogP contribution in [0.15, 0.2) is 47.1 Å². The number of nitrogens with zero attached hydrogens (tertiary/aromatic N) is 1. The molecular weight excluding hydrogens is 472 g/mol. The molecule has 1 saturated carbocycles. The van der Waals surface area contributed by atoms with Gasteiger partial charge in [0.05, 0.1) is 25.3 Å². The Morgan fingerprint density at radius 2 is 1.88 bits per heavy atom. The summed E-state index contributed by atoms with van der Waals surface area (Å²) in [4.78, 5) is 24.1. The minimum atomic E-state index is -0.496. The number of carbonyl (C=O) groups excluding carboxylic acids is 2. The number of esters is 1. The van der Waals surface area contributed by atoms with E-state index in [1.807, 2.05) is 12.3 Å². The SMILES string of the molecule is COC(=O)c1ccc(C(NC(C)=O)n2ccc3cc(Br)c(C4CCCC4)cc32)c(OC)c1. The van der Waals surface area contributed by atoms with E-state index in [2.05, 4.69) is 37.9 Å². The Balaban J connectivity index is 1.84. The highest BCUT2D eigenvalue weighted by atomic mass is 79.9. The predicted octanol–water partition coefficient (Wildman–Crippen LogP) is 5.54. The highest BCUT2D eigenvalue weighted by molar-refractivity contribution is 9.10. The monoisotopic (exact) mass is 498 g/mol. The summed E-state index contributed by atoms with van der Waals surface area (Å²) in [7, 11) is 2.89. The van der Waals surface area contributed by atoms with Crippen molar-refractivity contribution in [2.24, 2.45) is 0 Å². The van der Waals surface area contributed by atoms with E-state index in [1.165, 1.54) is 45.3 Å². The number of fused-ring (bicyclic) bond motifs is 1. The van der Waals surface area contributed by atoms with Crippen molar-refractivity contribution in [1.29, 1.82) is 0 Å². The van der Waals surface area contributed by atoms with Crippen LogP contribution in [0.5, 0.6) is 5.75 Å². The maximum atomic E-state index is 12.2. The normalized spacial score (nSPS) is 15.0. The molecule has 2 aromatic carbocycles. The fourth-order valence-corrected chi connectivity index (χ4v) is 5.32. The highest BCUT2D eigenvalue weighted by Gasteiger charge is 2.24. The molecule has 1 atom stereocenters. The molecule has 0 spiro atoms. The van der Waals surface area contributed by atoms with E-state index in [1.54, 1.807) is 25.3 Å². The van der Waals surface area contributed by atoms with Gasteiger partial charge in [-0.2, -0.15) is 0 Å². The number of hydrogen-bond donors (Lipinski definition) is 1. The van der Waals surface area contributed by atoms with E-state index in [4.69, 9.17) is 9.47 Å². The van der Waals surface area contributed by atoms with Crippen molar-refractivity contribution < 1.29 is 19.1 Å². The average Bonchev–Trinajstić information content (AvgIpc) is 3.45. The lowest BCUT2D eigenvalue weighted by atomic mass is 9.97. The number of nitrogens with one attached hydrogen (secondary N) is 1. The lowest BCUT2D eigenvalue weighted by Crippen LogP contribution is -2.31. The Morgan fingerprint density at radius 3 is 2.53 bits per heavy atom. The lowest BCUT2D eigenvalue weighted by Gasteiger charge is -2.24. The second-order valence-electron chi connectivity index (χ2n) is 8.19. The molecule has 1 unspecified atom stereocenters. The number of rotatable bonds is 6. The number of ether oxygens (including phenoxy) is 2. The number of aromatic nitrogens is 1. The van der Waals surface area contributed by atoms with Crippen LogP contribution in [0.2, 0.25) is 0 Å². The van der Waals surface area contributed by atoms with Gasteiger partial charge in [0.2, 0.25) is 5.91 Å². The van der Waals surface area contributed by atoms with Gasteiger partial charge < -0.3 is 19.4 Å².